The first-order valence-corrected chi connectivity index (χ1v) is 10.2. The van der Waals surface area contributed by atoms with Gasteiger partial charge >= 0.3 is 0 Å². The van der Waals surface area contributed by atoms with Gasteiger partial charge in [0.15, 0.2) is 5.82 Å². The van der Waals surface area contributed by atoms with Gasteiger partial charge in [-0.1, -0.05) is 0 Å². The number of tetrazole rings is 1. The van der Waals surface area contributed by atoms with E-state index in [0.717, 1.165) is 24.2 Å². The lowest BCUT2D eigenvalue weighted by molar-refractivity contribution is 0.0951. The summed E-state index contributed by atoms with van der Waals surface area (Å²) in [5.74, 6) is -0.809. The first-order valence-electron chi connectivity index (χ1n) is 10.2. The molecular weight excluding hydrogens is 418 g/mol. The minimum absolute atomic E-state index is 0.136. The lowest BCUT2D eigenvalue weighted by atomic mass is 10.0. The summed E-state index contributed by atoms with van der Waals surface area (Å²) in [6.45, 7) is 0.835. The predicted octanol–water partition coefficient (Wildman–Crippen LogP) is 2.41. The fraction of sp³-hybridized carbons (Fsp3) is 0.286. The van der Waals surface area contributed by atoms with E-state index in [9.17, 15) is 13.6 Å². The van der Waals surface area contributed by atoms with Gasteiger partial charge in [-0.05, 0) is 48.4 Å². The lowest BCUT2D eigenvalue weighted by Crippen LogP contribution is -2.24. The maximum atomic E-state index is 14.4. The minimum Gasteiger partial charge on any atom is -0.364 e. The Morgan fingerprint density at radius 1 is 1.25 bits per heavy atom. The van der Waals surface area contributed by atoms with Crippen molar-refractivity contribution in [1.82, 2.24) is 35.1 Å². The maximum Gasteiger partial charge on any atom is 0.255 e. The van der Waals surface area contributed by atoms with Crippen molar-refractivity contribution in [2.45, 2.75) is 25.4 Å². The van der Waals surface area contributed by atoms with E-state index < -0.39 is 11.6 Å². The van der Waals surface area contributed by atoms with Crippen LogP contribution in [0.2, 0.25) is 0 Å². The molecule has 1 saturated heterocycles. The fourth-order valence-electron chi connectivity index (χ4n) is 4.14. The third-order valence-corrected chi connectivity index (χ3v) is 5.61. The molecule has 0 saturated carbocycles. The number of nitrogens with zero attached hydrogens (tertiary/aromatic N) is 7. The summed E-state index contributed by atoms with van der Waals surface area (Å²) >= 11 is 0. The number of carbonyl (C=O) groups excluding carboxylic acids is 1. The number of nitrogens with one attached hydrogen (secondary N) is 1. The molecule has 0 bridgehead atoms. The topological polar surface area (TPSA) is 93.2 Å². The van der Waals surface area contributed by atoms with Gasteiger partial charge in [-0.3, -0.25) is 4.79 Å². The van der Waals surface area contributed by atoms with Crippen molar-refractivity contribution in [2.24, 2.45) is 7.05 Å². The van der Waals surface area contributed by atoms with E-state index in [1.165, 1.54) is 17.1 Å². The van der Waals surface area contributed by atoms with E-state index in [1.54, 1.807) is 17.8 Å². The molecule has 4 aromatic rings. The van der Waals surface area contributed by atoms with Crippen LogP contribution in [0.3, 0.4) is 0 Å². The molecule has 4 heterocycles. The minimum atomic E-state index is -0.462. The number of pyridine rings is 1. The van der Waals surface area contributed by atoms with E-state index in [0.29, 0.717) is 35.4 Å². The van der Waals surface area contributed by atoms with Crippen molar-refractivity contribution in [3.8, 4) is 0 Å². The summed E-state index contributed by atoms with van der Waals surface area (Å²) in [5, 5.41) is 18.6. The van der Waals surface area contributed by atoms with Gasteiger partial charge < -0.3 is 10.2 Å². The molecule has 0 unspecified atom stereocenters. The number of aromatic nitrogens is 6. The van der Waals surface area contributed by atoms with Crippen LogP contribution in [0.5, 0.6) is 0 Å². The van der Waals surface area contributed by atoms with Crippen LogP contribution in [-0.2, 0) is 13.6 Å². The van der Waals surface area contributed by atoms with E-state index in [2.05, 4.69) is 25.8 Å². The highest BCUT2D eigenvalue weighted by molar-refractivity contribution is 6.01. The van der Waals surface area contributed by atoms with E-state index >= 15 is 0 Å². The van der Waals surface area contributed by atoms with Crippen LogP contribution in [0, 0.1) is 11.6 Å². The summed E-state index contributed by atoms with van der Waals surface area (Å²) < 4.78 is 29.8. The van der Waals surface area contributed by atoms with Crippen LogP contribution in [0.4, 0.5) is 14.5 Å². The van der Waals surface area contributed by atoms with Gasteiger partial charge in [0, 0.05) is 24.0 Å². The number of rotatable bonds is 5. The molecule has 0 radical (unpaired) electrons. The summed E-state index contributed by atoms with van der Waals surface area (Å²) in [5.41, 5.74) is 2.15. The molecule has 1 fully saturated rings. The normalized spacial score (nSPS) is 16.1. The number of halogens is 2. The van der Waals surface area contributed by atoms with Crippen LogP contribution in [0.25, 0.3) is 5.52 Å². The number of hydrogen-bond donors (Lipinski definition) is 1. The summed E-state index contributed by atoms with van der Waals surface area (Å²) in [7, 11) is 1.65. The Morgan fingerprint density at radius 3 is 2.94 bits per heavy atom. The standard InChI is InChI=1S/C21H20F2N8O/c1-29-27-20(26-28-29)12-24-21(32)16-11-25-31-8-6-14(10-19(16)31)30-7-2-3-18(30)15-9-13(22)4-5-17(15)23/h4-6,8-11,18H,2-3,7,12H2,1H3,(H,24,32)/t18-/m1/s1. The Kier molecular flexibility index (Phi) is 5.00. The molecule has 1 aromatic carbocycles. The van der Waals surface area contributed by atoms with Gasteiger partial charge in [0.2, 0.25) is 0 Å². The zero-order chi connectivity index (χ0) is 22.2. The van der Waals surface area contributed by atoms with Crippen molar-refractivity contribution in [2.75, 3.05) is 11.4 Å². The molecule has 1 aliphatic rings. The monoisotopic (exact) mass is 438 g/mol. The number of fused-ring (bicyclic) bond motifs is 1. The van der Waals surface area contributed by atoms with Gasteiger partial charge in [0.1, 0.15) is 11.6 Å². The van der Waals surface area contributed by atoms with Gasteiger partial charge in [-0.15, -0.1) is 10.2 Å². The zero-order valence-corrected chi connectivity index (χ0v) is 17.2. The SMILES string of the molecule is Cn1nnc(CNC(=O)c2cnn3ccc(N4CCC[C@@H]4c4cc(F)ccc4F)cc23)n1. The Balaban J connectivity index is 1.42. The Bertz CT molecular complexity index is 1300. The smallest absolute Gasteiger partial charge is 0.255 e. The summed E-state index contributed by atoms with van der Waals surface area (Å²) in [6.07, 6.45) is 4.81. The van der Waals surface area contributed by atoms with Gasteiger partial charge in [-0.2, -0.15) is 9.90 Å². The molecule has 1 amide bonds. The largest absolute Gasteiger partial charge is 0.364 e. The highest BCUT2D eigenvalue weighted by atomic mass is 19.1. The number of carbonyl (C=O) groups is 1. The molecule has 1 atom stereocenters. The van der Waals surface area contributed by atoms with Crippen molar-refractivity contribution < 1.29 is 13.6 Å². The molecule has 0 spiro atoms. The van der Waals surface area contributed by atoms with Crippen LogP contribution >= 0.6 is 0 Å². The third kappa shape index (κ3) is 3.66. The van der Waals surface area contributed by atoms with Gasteiger partial charge in [0.05, 0.1) is 36.9 Å². The molecule has 11 heteroatoms. The van der Waals surface area contributed by atoms with E-state index in [1.807, 2.05) is 17.0 Å². The predicted molar refractivity (Wildman–Crippen MR) is 111 cm³/mol. The van der Waals surface area contributed by atoms with Gasteiger partial charge in [0.25, 0.3) is 5.91 Å². The molecule has 3 aromatic heterocycles. The molecule has 1 N–H and O–H groups in total. The first kappa shape index (κ1) is 20.0. The highest BCUT2D eigenvalue weighted by Gasteiger charge is 2.29. The van der Waals surface area contributed by atoms with Crippen LogP contribution < -0.4 is 10.2 Å². The zero-order valence-electron chi connectivity index (χ0n) is 17.2. The van der Waals surface area contributed by atoms with Crippen LogP contribution in [-0.4, -0.2) is 42.3 Å². The van der Waals surface area contributed by atoms with Crippen molar-refractivity contribution in [3.05, 3.63) is 71.3 Å². The molecule has 1 aliphatic heterocycles. The van der Waals surface area contributed by atoms with Crippen LogP contribution in [0.15, 0.2) is 42.7 Å². The average molecular weight is 438 g/mol. The molecule has 32 heavy (non-hydrogen) atoms. The van der Waals surface area contributed by atoms with E-state index in [-0.39, 0.29) is 18.5 Å². The number of aryl methyl sites for hydroxylation is 1. The average Bonchev–Trinajstić information content (AvgIpc) is 3.52. The van der Waals surface area contributed by atoms with E-state index in [4.69, 9.17) is 0 Å². The van der Waals surface area contributed by atoms with Crippen molar-refractivity contribution in [3.63, 3.8) is 0 Å². The Labute approximate surface area is 181 Å². The molecule has 5 rings (SSSR count). The summed E-state index contributed by atoms with van der Waals surface area (Å²) in [6, 6.07) is 6.97. The summed E-state index contributed by atoms with van der Waals surface area (Å²) in [4.78, 5) is 16.1. The lowest BCUT2D eigenvalue weighted by Gasteiger charge is -2.27. The van der Waals surface area contributed by atoms with Crippen LogP contribution in [0.1, 0.15) is 40.6 Å². The number of benzene rings is 1. The second-order valence-corrected chi connectivity index (χ2v) is 7.67. The Morgan fingerprint density at radius 2 is 2.12 bits per heavy atom. The number of amides is 1. The quantitative estimate of drug-likeness (QED) is 0.514. The fourth-order valence-corrected chi connectivity index (χ4v) is 4.14. The first-order chi connectivity index (χ1) is 15.5. The molecule has 9 nitrogen and oxygen atoms in total. The molecule has 0 aliphatic carbocycles. The maximum absolute atomic E-state index is 14.4. The number of hydrogen-bond acceptors (Lipinski definition) is 6. The molecule has 164 valence electrons. The second-order valence-electron chi connectivity index (χ2n) is 7.67. The number of anilines is 1. The van der Waals surface area contributed by atoms with Crippen molar-refractivity contribution >= 4 is 17.1 Å². The third-order valence-electron chi connectivity index (χ3n) is 5.61. The second kappa shape index (κ2) is 7.98. The van der Waals surface area contributed by atoms with Crippen molar-refractivity contribution in [1.29, 1.82) is 0 Å². The van der Waals surface area contributed by atoms with Gasteiger partial charge in [-0.25, -0.2) is 13.3 Å². The molecular formula is C21H20F2N8O. The Hall–Kier alpha value is -3.89. The highest BCUT2D eigenvalue weighted by Crippen LogP contribution is 2.38.